The predicted octanol–water partition coefficient (Wildman–Crippen LogP) is 0.301. The minimum atomic E-state index is -1.54. The number of rotatable bonds is 3. The van der Waals surface area contributed by atoms with Gasteiger partial charge < -0.3 is 24.1 Å². The highest BCUT2D eigenvalue weighted by molar-refractivity contribution is 5.89. The lowest BCUT2D eigenvalue weighted by molar-refractivity contribution is -0.173. The van der Waals surface area contributed by atoms with Crippen LogP contribution in [0.3, 0.4) is 0 Å². The largest absolute Gasteiger partial charge is 0.462 e. The van der Waals surface area contributed by atoms with Gasteiger partial charge in [-0.3, -0.25) is 19.2 Å². The van der Waals surface area contributed by atoms with Crippen molar-refractivity contribution in [2.24, 2.45) is 11.8 Å². The van der Waals surface area contributed by atoms with E-state index in [9.17, 15) is 24.3 Å². The number of esters is 3. The zero-order chi connectivity index (χ0) is 20.9. The predicted molar refractivity (Wildman–Crippen MR) is 91.8 cm³/mol. The first kappa shape index (κ1) is 20.7. The molecule has 0 bridgehead atoms. The molecule has 3 aliphatic rings. The van der Waals surface area contributed by atoms with Gasteiger partial charge in [-0.2, -0.15) is 0 Å². The van der Waals surface area contributed by atoms with E-state index in [0.29, 0.717) is 6.42 Å². The van der Waals surface area contributed by atoms with Crippen LogP contribution in [0.5, 0.6) is 0 Å². The molecule has 1 saturated carbocycles. The van der Waals surface area contributed by atoms with E-state index in [1.807, 2.05) is 6.92 Å². The van der Waals surface area contributed by atoms with Gasteiger partial charge in [-0.25, -0.2) is 0 Å². The van der Waals surface area contributed by atoms with Crippen LogP contribution in [0, 0.1) is 11.8 Å². The SMILES string of the molecule is CC(=O)O[C@H]1C[C@@](C)(OC(C)=O)C(=O)CC[C@@]2(C)O[C@@H]2[C@H]2OC(=O)[C@H](CO)[C@H]21. The number of carbonyl (C=O) groups is 4. The fourth-order valence-corrected chi connectivity index (χ4v) is 4.50. The molecular weight excluding hydrogens is 372 g/mol. The minimum Gasteiger partial charge on any atom is -0.462 e. The molecule has 0 unspecified atom stereocenters. The molecule has 156 valence electrons. The molecular formula is C19H26O9. The lowest BCUT2D eigenvalue weighted by Gasteiger charge is -2.36. The van der Waals surface area contributed by atoms with E-state index in [4.69, 9.17) is 18.9 Å². The summed E-state index contributed by atoms with van der Waals surface area (Å²) in [4.78, 5) is 48.7. The number of ether oxygens (including phenoxy) is 4. The molecule has 0 spiro atoms. The number of aliphatic hydroxyl groups is 1. The van der Waals surface area contributed by atoms with E-state index < -0.39 is 65.9 Å². The van der Waals surface area contributed by atoms with E-state index >= 15 is 0 Å². The Hall–Kier alpha value is -2.00. The quantitative estimate of drug-likeness (QED) is 0.405. The molecule has 7 atom stereocenters. The summed E-state index contributed by atoms with van der Waals surface area (Å²) >= 11 is 0. The lowest BCUT2D eigenvalue weighted by Crippen LogP contribution is -2.50. The minimum absolute atomic E-state index is 0.0956. The Morgan fingerprint density at radius 1 is 1.21 bits per heavy atom. The Bertz CT molecular complexity index is 704. The highest BCUT2D eigenvalue weighted by Gasteiger charge is 2.66. The maximum Gasteiger partial charge on any atom is 0.312 e. The summed E-state index contributed by atoms with van der Waals surface area (Å²) in [6.45, 7) is 5.19. The summed E-state index contributed by atoms with van der Waals surface area (Å²) in [7, 11) is 0. The summed E-state index contributed by atoms with van der Waals surface area (Å²) in [5.74, 6) is -3.84. The number of hydrogen-bond acceptors (Lipinski definition) is 9. The summed E-state index contributed by atoms with van der Waals surface area (Å²) < 4.78 is 22.1. The topological polar surface area (TPSA) is 129 Å². The van der Waals surface area contributed by atoms with Gasteiger partial charge in [-0.1, -0.05) is 0 Å². The van der Waals surface area contributed by atoms with Crippen molar-refractivity contribution in [1.82, 2.24) is 0 Å². The third-order valence-corrected chi connectivity index (χ3v) is 5.98. The highest BCUT2D eigenvalue weighted by atomic mass is 16.7. The number of ketones is 1. The van der Waals surface area contributed by atoms with Gasteiger partial charge in [-0.15, -0.1) is 0 Å². The molecule has 2 aliphatic heterocycles. The van der Waals surface area contributed by atoms with Crippen LogP contribution in [-0.4, -0.2) is 64.9 Å². The number of epoxide rings is 1. The second-order valence-corrected chi connectivity index (χ2v) is 8.22. The first-order chi connectivity index (χ1) is 13.0. The molecule has 3 fully saturated rings. The van der Waals surface area contributed by atoms with E-state index in [0.717, 1.165) is 0 Å². The van der Waals surface area contributed by atoms with Gasteiger partial charge in [-0.05, 0) is 20.3 Å². The molecule has 3 rings (SSSR count). The fraction of sp³-hybridized carbons (Fsp3) is 0.789. The van der Waals surface area contributed by atoms with Crippen LogP contribution in [0.2, 0.25) is 0 Å². The van der Waals surface area contributed by atoms with Gasteiger partial charge in [0.25, 0.3) is 0 Å². The van der Waals surface area contributed by atoms with Crippen molar-refractivity contribution in [3.63, 3.8) is 0 Å². The summed E-state index contributed by atoms with van der Waals surface area (Å²) in [6.07, 6.45) is -1.83. The van der Waals surface area contributed by atoms with Crippen LogP contribution < -0.4 is 0 Å². The zero-order valence-electron chi connectivity index (χ0n) is 16.4. The number of hydrogen-bond donors (Lipinski definition) is 1. The molecule has 28 heavy (non-hydrogen) atoms. The molecule has 1 N–H and O–H groups in total. The van der Waals surface area contributed by atoms with Crippen molar-refractivity contribution in [2.75, 3.05) is 6.61 Å². The van der Waals surface area contributed by atoms with E-state index in [-0.39, 0.29) is 18.6 Å². The highest BCUT2D eigenvalue weighted by Crippen LogP contribution is 2.51. The first-order valence-corrected chi connectivity index (χ1v) is 9.40. The van der Waals surface area contributed by atoms with Crippen LogP contribution in [-0.2, 0) is 38.1 Å². The molecule has 9 nitrogen and oxygen atoms in total. The second kappa shape index (κ2) is 7.11. The second-order valence-electron chi connectivity index (χ2n) is 8.22. The van der Waals surface area contributed by atoms with Crippen molar-refractivity contribution < 1.29 is 43.2 Å². The molecule has 0 aromatic carbocycles. The van der Waals surface area contributed by atoms with Gasteiger partial charge in [0.05, 0.1) is 24.0 Å². The molecule has 0 aromatic heterocycles. The smallest absolute Gasteiger partial charge is 0.312 e. The Balaban J connectivity index is 2.04. The maximum absolute atomic E-state index is 12.9. The number of Topliss-reactive ketones (excluding diaryl/α,β-unsaturated/α-hetero) is 1. The Labute approximate surface area is 162 Å². The fourth-order valence-electron chi connectivity index (χ4n) is 4.50. The van der Waals surface area contributed by atoms with Crippen molar-refractivity contribution in [1.29, 1.82) is 0 Å². The molecule has 0 amide bonds. The number of carbonyl (C=O) groups excluding carboxylic acids is 4. The average Bonchev–Trinajstić information content (AvgIpc) is 3.12. The monoisotopic (exact) mass is 398 g/mol. The lowest BCUT2D eigenvalue weighted by atomic mass is 9.75. The molecule has 2 saturated heterocycles. The van der Waals surface area contributed by atoms with E-state index in [2.05, 4.69) is 0 Å². The zero-order valence-corrected chi connectivity index (χ0v) is 16.4. The first-order valence-electron chi connectivity index (χ1n) is 9.40. The summed E-state index contributed by atoms with van der Waals surface area (Å²) in [5, 5.41) is 9.77. The van der Waals surface area contributed by atoms with Crippen LogP contribution >= 0.6 is 0 Å². The van der Waals surface area contributed by atoms with Crippen molar-refractivity contribution in [2.45, 2.75) is 76.5 Å². The van der Waals surface area contributed by atoms with E-state index in [1.54, 1.807) is 0 Å². The van der Waals surface area contributed by atoms with Crippen LogP contribution in [0.4, 0.5) is 0 Å². The van der Waals surface area contributed by atoms with Crippen molar-refractivity contribution >= 4 is 23.7 Å². The number of fused-ring (bicyclic) bond motifs is 3. The van der Waals surface area contributed by atoms with Gasteiger partial charge in [0.15, 0.2) is 11.4 Å². The normalized spacial score (nSPS) is 42.7. The van der Waals surface area contributed by atoms with Gasteiger partial charge in [0.1, 0.15) is 18.3 Å². The van der Waals surface area contributed by atoms with Gasteiger partial charge in [0, 0.05) is 26.7 Å². The Morgan fingerprint density at radius 2 is 1.89 bits per heavy atom. The number of aliphatic hydroxyl groups excluding tert-OH is 1. The molecule has 0 radical (unpaired) electrons. The van der Waals surface area contributed by atoms with E-state index in [1.165, 1.54) is 20.8 Å². The van der Waals surface area contributed by atoms with Gasteiger partial charge in [0.2, 0.25) is 0 Å². The molecule has 0 aromatic rings. The standard InChI is InChI=1S/C19H26O9/c1-9(21)25-12-7-19(4,27-10(2)22)13(23)5-6-18(3)16(28-18)15-14(12)11(8-20)17(24)26-15/h11-12,14-16,20H,5-8H2,1-4H3/t11-,12+,14+,15+,16-,18-,19-/m1/s1. The third kappa shape index (κ3) is 3.65. The Kier molecular flexibility index (Phi) is 5.26. The van der Waals surface area contributed by atoms with Crippen molar-refractivity contribution in [3.8, 4) is 0 Å². The maximum atomic E-state index is 12.9. The molecule has 9 heteroatoms. The Morgan fingerprint density at radius 3 is 2.46 bits per heavy atom. The molecule has 2 heterocycles. The average molecular weight is 398 g/mol. The van der Waals surface area contributed by atoms with Crippen LogP contribution in [0.25, 0.3) is 0 Å². The third-order valence-electron chi connectivity index (χ3n) is 5.98. The molecule has 1 aliphatic carbocycles. The summed E-state index contributed by atoms with van der Waals surface area (Å²) in [6, 6.07) is 0. The summed E-state index contributed by atoms with van der Waals surface area (Å²) in [5.41, 5.74) is -2.22. The van der Waals surface area contributed by atoms with Crippen molar-refractivity contribution in [3.05, 3.63) is 0 Å². The van der Waals surface area contributed by atoms with Crippen LogP contribution in [0.1, 0.15) is 47.0 Å². The van der Waals surface area contributed by atoms with Gasteiger partial charge >= 0.3 is 17.9 Å². The van der Waals surface area contributed by atoms with Crippen LogP contribution in [0.15, 0.2) is 0 Å².